The number of anilines is 1. The second kappa shape index (κ2) is 8.49. The van der Waals surface area contributed by atoms with Crippen LogP contribution in [0.3, 0.4) is 0 Å². The van der Waals surface area contributed by atoms with Crippen molar-refractivity contribution < 1.29 is 22.0 Å². The number of rotatable bonds is 5. The van der Waals surface area contributed by atoms with E-state index in [0.717, 1.165) is 0 Å². The molecule has 4 aromatic rings. The van der Waals surface area contributed by atoms with Gasteiger partial charge in [0.2, 0.25) is 5.95 Å². The molecule has 0 unspecified atom stereocenters. The highest BCUT2D eigenvalue weighted by Crippen LogP contribution is 2.38. The number of nitrogens with zero attached hydrogens (tertiary/aromatic N) is 3. The average Bonchev–Trinajstić information content (AvgIpc) is 2.72. The van der Waals surface area contributed by atoms with E-state index in [0.29, 0.717) is 29.9 Å². The molecule has 32 heavy (non-hydrogen) atoms. The molecule has 0 aliphatic rings. The van der Waals surface area contributed by atoms with E-state index in [9.17, 15) is 17.6 Å². The summed E-state index contributed by atoms with van der Waals surface area (Å²) < 4.78 is 70.9. The van der Waals surface area contributed by atoms with Crippen molar-refractivity contribution in [1.29, 1.82) is 0 Å². The van der Waals surface area contributed by atoms with E-state index in [1.165, 1.54) is 30.5 Å². The minimum atomic E-state index is -1.28. The SMILES string of the molecule is CC(C)CNc1c(-c2c(F)cc(F)cc2F)c(F)nc2ncc(-c3ccc(F)cc3)nc12. The normalized spacial score (nSPS) is 11.4. The average molecular weight is 444 g/mol. The monoisotopic (exact) mass is 444 g/mol. The number of hydrogen-bond acceptors (Lipinski definition) is 4. The van der Waals surface area contributed by atoms with Crippen molar-refractivity contribution >= 4 is 16.9 Å². The van der Waals surface area contributed by atoms with Crippen molar-refractivity contribution in [3.8, 4) is 22.4 Å². The van der Waals surface area contributed by atoms with Crippen LogP contribution < -0.4 is 5.32 Å². The van der Waals surface area contributed by atoms with Crippen molar-refractivity contribution in [2.45, 2.75) is 13.8 Å². The standard InChI is InChI=1S/C23H17F5N4/c1-11(2)9-29-20-19(18-15(26)7-14(25)8-16(18)27)22(28)32-23-21(20)31-17(10-30-23)12-3-5-13(24)6-4-12/h3-8,10-11H,9H2,1-2H3,(H,29,30,32). The van der Waals surface area contributed by atoms with Gasteiger partial charge in [-0.2, -0.15) is 9.37 Å². The highest BCUT2D eigenvalue weighted by Gasteiger charge is 2.25. The Morgan fingerprint density at radius 3 is 2.12 bits per heavy atom. The summed E-state index contributed by atoms with van der Waals surface area (Å²) in [6.45, 7) is 4.10. The molecule has 164 valence electrons. The number of hydrogen-bond donors (Lipinski definition) is 1. The lowest BCUT2D eigenvalue weighted by molar-refractivity contribution is 0.542. The first-order chi connectivity index (χ1) is 15.2. The minimum absolute atomic E-state index is 0.0259. The van der Waals surface area contributed by atoms with Crippen LogP contribution in [0.1, 0.15) is 13.8 Å². The summed E-state index contributed by atoms with van der Waals surface area (Å²) in [5.41, 5.74) is -0.484. The summed E-state index contributed by atoms with van der Waals surface area (Å²) in [5.74, 6) is -5.22. The summed E-state index contributed by atoms with van der Waals surface area (Å²) in [6.07, 6.45) is 1.34. The lowest BCUT2D eigenvalue weighted by Crippen LogP contribution is -2.12. The highest BCUT2D eigenvalue weighted by molar-refractivity contribution is 5.96. The lowest BCUT2D eigenvalue weighted by atomic mass is 10.0. The predicted molar refractivity (Wildman–Crippen MR) is 111 cm³/mol. The molecule has 1 N–H and O–H groups in total. The molecule has 0 saturated heterocycles. The summed E-state index contributed by atoms with van der Waals surface area (Å²) in [4.78, 5) is 12.3. The minimum Gasteiger partial charge on any atom is -0.382 e. The maximum Gasteiger partial charge on any atom is 0.225 e. The van der Waals surface area contributed by atoms with Gasteiger partial charge in [0.1, 0.15) is 28.8 Å². The van der Waals surface area contributed by atoms with Gasteiger partial charge in [-0.05, 0) is 30.2 Å². The van der Waals surface area contributed by atoms with E-state index in [2.05, 4.69) is 20.3 Å². The number of nitrogens with one attached hydrogen (secondary N) is 1. The molecule has 0 fully saturated rings. The van der Waals surface area contributed by atoms with Crippen LogP contribution in [-0.4, -0.2) is 21.5 Å². The molecule has 2 heterocycles. The highest BCUT2D eigenvalue weighted by atomic mass is 19.2. The van der Waals surface area contributed by atoms with E-state index in [1.807, 2.05) is 13.8 Å². The molecule has 2 aromatic heterocycles. The maximum atomic E-state index is 15.0. The van der Waals surface area contributed by atoms with Crippen LogP contribution in [0.2, 0.25) is 0 Å². The predicted octanol–water partition coefficient (Wildman–Crippen LogP) is 6.12. The zero-order valence-corrected chi connectivity index (χ0v) is 17.1. The van der Waals surface area contributed by atoms with Crippen molar-refractivity contribution in [2.75, 3.05) is 11.9 Å². The zero-order chi connectivity index (χ0) is 23.0. The van der Waals surface area contributed by atoms with Crippen molar-refractivity contribution in [3.63, 3.8) is 0 Å². The molecule has 0 aliphatic heterocycles. The Balaban J connectivity index is 2.01. The van der Waals surface area contributed by atoms with Crippen LogP contribution in [0.15, 0.2) is 42.6 Å². The molecule has 4 nitrogen and oxygen atoms in total. The quantitative estimate of drug-likeness (QED) is 0.298. The van der Waals surface area contributed by atoms with Gasteiger partial charge in [-0.25, -0.2) is 27.5 Å². The molecule has 2 aromatic carbocycles. The van der Waals surface area contributed by atoms with Gasteiger partial charge in [-0.15, -0.1) is 0 Å². The van der Waals surface area contributed by atoms with E-state index in [-0.39, 0.29) is 22.8 Å². The van der Waals surface area contributed by atoms with Crippen LogP contribution in [0, 0.1) is 35.1 Å². The topological polar surface area (TPSA) is 50.7 Å². The van der Waals surface area contributed by atoms with E-state index >= 15 is 4.39 Å². The molecule has 0 atom stereocenters. The first-order valence-corrected chi connectivity index (χ1v) is 9.75. The Morgan fingerprint density at radius 2 is 1.50 bits per heavy atom. The Bertz CT molecular complexity index is 1280. The molecule has 4 rings (SSSR count). The van der Waals surface area contributed by atoms with Crippen LogP contribution >= 0.6 is 0 Å². The Labute approximate surface area is 180 Å². The number of fused-ring (bicyclic) bond motifs is 1. The lowest BCUT2D eigenvalue weighted by Gasteiger charge is -2.17. The fraction of sp³-hybridized carbons (Fsp3) is 0.174. The Kier molecular flexibility index (Phi) is 5.73. The van der Waals surface area contributed by atoms with Gasteiger partial charge in [0.25, 0.3) is 0 Å². The molecule has 0 spiro atoms. The van der Waals surface area contributed by atoms with E-state index in [1.54, 1.807) is 0 Å². The molecule has 9 heteroatoms. The molecule has 0 amide bonds. The van der Waals surface area contributed by atoms with Gasteiger partial charge in [0, 0.05) is 24.2 Å². The third-order valence-corrected chi connectivity index (χ3v) is 4.73. The molecular weight excluding hydrogens is 427 g/mol. The molecule has 0 bridgehead atoms. The summed E-state index contributed by atoms with van der Waals surface area (Å²) in [6, 6.07) is 6.41. The number of pyridine rings is 1. The van der Waals surface area contributed by atoms with Crippen LogP contribution in [-0.2, 0) is 0 Å². The fourth-order valence-corrected chi connectivity index (χ4v) is 3.25. The van der Waals surface area contributed by atoms with Gasteiger partial charge in [-0.3, -0.25) is 0 Å². The van der Waals surface area contributed by atoms with Crippen LogP contribution in [0.4, 0.5) is 27.6 Å². The second-order valence-corrected chi connectivity index (χ2v) is 7.61. The molecule has 0 aliphatic carbocycles. The summed E-state index contributed by atoms with van der Waals surface area (Å²) in [5, 5.41) is 2.98. The Hall–Kier alpha value is -3.62. The van der Waals surface area contributed by atoms with Crippen molar-refractivity contribution in [3.05, 3.63) is 71.8 Å². The van der Waals surface area contributed by atoms with Crippen LogP contribution in [0.5, 0.6) is 0 Å². The number of aromatic nitrogens is 3. The first kappa shape index (κ1) is 21.6. The third-order valence-electron chi connectivity index (χ3n) is 4.73. The second-order valence-electron chi connectivity index (χ2n) is 7.61. The van der Waals surface area contributed by atoms with Gasteiger partial charge >= 0.3 is 0 Å². The molecular formula is C23H17F5N4. The van der Waals surface area contributed by atoms with Gasteiger partial charge in [0.15, 0.2) is 5.65 Å². The zero-order valence-electron chi connectivity index (χ0n) is 17.1. The van der Waals surface area contributed by atoms with E-state index in [4.69, 9.17) is 0 Å². The summed E-state index contributed by atoms with van der Waals surface area (Å²) >= 11 is 0. The third kappa shape index (κ3) is 4.10. The number of halogens is 5. The maximum absolute atomic E-state index is 15.0. The molecule has 0 saturated carbocycles. The van der Waals surface area contributed by atoms with Gasteiger partial charge < -0.3 is 5.32 Å². The smallest absolute Gasteiger partial charge is 0.225 e. The molecule has 0 radical (unpaired) electrons. The largest absolute Gasteiger partial charge is 0.382 e. The van der Waals surface area contributed by atoms with Crippen LogP contribution in [0.25, 0.3) is 33.5 Å². The first-order valence-electron chi connectivity index (χ1n) is 9.75. The Morgan fingerprint density at radius 1 is 0.844 bits per heavy atom. The van der Waals surface area contributed by atoms with Crippen molar-refractivity contribution in [1.82, 2.24) is 15.0 Å². The van der Waals surface area contributed by atoms with Gasteiger partial charge in [0.05, 0.1) is 28.7 Å². The van der Waals surface area contributed by atoms with Gasteiger partial charge in [-0.1, -0.05) is 13.8 Å². The fourth-order valence-electron chi connectivity index (χ4n) is 3.25. The summed E-state index contributed by atoms with van der Waals surface area (Å²) in [7, 11) is 0. The number of benzene rings is 2. The van der Waals surface area contributed by atoms with E-state index < -0.39 is 40.3 Å². The van der Waals surface area contributed by atoms with Crippen molar-refractivity contribution in [2.24, 2.45) is 5.92 Å².